The lowest BCUT2D eigenvalue weighted by atomic mass is 10.0. The van der Waals surface area contributed by atoms with Gasteiger partial charge < -0.3 is 4.74 Å². The van der Waals surface area contributed by atoms with Crippen LogP contribution in [0.4, 0.5) is 0 Å². The van der Waals surface area contributed by atoms with Crippen molar-refractivity contribution < 1.29 is 9.53 Å². The molecule has 1 aliphatic rings. The third-order valence-corrected chi connectivity index (χ3v) is 2.78. The average Bonchev–Trinajstić information content (AvgIpc) is 2.00. The zero-order chi connectivity index (χ0) is 9.14. The summed E-state index contributed by atoms with van der Waals surface area (Å²) in [4.78, 5) is 10.9. The first-order chi connectivity index (χ1) is 5.66. The van der Waals surface area contributed by atoms with E-state index in [9.17, 15) is 4.79 Å². The fraction of sp³-hybridized carbons (Fsp3) is 0.667. The normalized spacial score (nSPS) is 26.2. The molecule has 0 bridgehead atoms. The summed E-state index contributed by atoms with van der Waals surface area (Å²) in [6.07, 6.45) is 3.20. The largest absolute Gasteiger partial charge is 0.454 e. The molecular formula is C9H13BrO2. The molecular weight excluding hydrogens is 220 g/mol. The summed E-state index contributed by atoms with van der Waals surface area (Å²) in [5.41, 5.74) is 0.823. The van der Waals surface area contributed by atoms with Gasteiger partial charge in [0, 0.05) is 4.48 Å². The number of hydrogen-bond acceptors (Lipinski definition) is 2. The van der Waals surface area contributed by atoms with Crippen molar-refractivity contribution in [3.63, 3.8) is 0 Å². The van der Waals surface area contributed by atoms with Crippen molar-refractivity contribution in [1.29, 1.82) is 0 Å². The van der Waals surface area contributed by atoms with Gasteiger partial charge in [0.25, 0.3) is 0 Å². The van der Waals surface area contributed by atoms with Crippen LogP contribution in [0.3, 0.4) is 0 Å². The highest BCUT2D eigenvalue weighted by Gasteiger charge is 2.34. The van der Waals surface area contributed by atoms with Gasteiger partial charge in [0.1, 0.15) is 6.10 Å². The van der Waals surface area contributed by atoms with Gasteiger partial charge in [-0.25, -0.2) is 4.79 Å². The van der Waals surface area contributed by atoms with Crippen molar-refractivity contribution in [3.05, 3.63) is 10.1 Å². The number of carbonyl (C=O) groups is 1. The molecule has 1 saturated heterocycles. The van der Waals surface area contributed by atoms with E-state index in [1.54, 1.807) is 0 Å². The van der Waals surface area contributed by atoms with Crippen LogP contribution in [0.5, 0.6) is 0 Å². The first-order valence-electron chi connectivity index (χ1n) is 4.26. The molecule has 0 radical (unpaired) electrons. The van der Waals surface area contributed by atoms with E-state index < -0.39 is 0 Å². The number of ether oxygens (including phenoxy) is 1. The summed E-state index contributed by atoms with van der Waals surface area (Å²) in [5, 5.41) is 0. The van der Waals surface area contributed by atoms with Crippen LogP contribution in [-0.4, -0.2) is 12.1 Å². The van der Waals surface area contributed by atoms with Crippen LogP contribution >= 0.6 is 15.9 Å². The summed E-state index contributed by atoms with van der Waals surface area (Å²) in [7, 11) is 0. The number of halogens is 1. The number of rotatable bonds is 3. The lowest BCUT2D eigenvalue weighted by molar-refractivity contribution is -0.154. The van der Waals surface area contributed by atoms with Gasteiger partial charge in [0.15, 0.2) is 0 Å². The minimum Gasteiger partial charge on any atom is -0.454 e. The number of hydrogen-bond donors (Lipinski definition) is 0. The second kappa shape index (κ2) is 4.08. The molecule has 1 rings (SSSR count). The Labute approximate surface area is 81.1 Å². The topological polar surface area (TPSA) is 26.3 Å². The van der Waals surface area contributed by atoms with Crippen LogP contribution in [0.15, 0.2) is 10.1 Å². The molecule has 0 aliphatic carbocycles. The van der Waals surface area contributed by atoms with Gasteiger partial charge in [-0.05, 0) is 19.8 Å². The minimum atomic E-state index is -0.162. The quantitative estimate of drug-likeness (QED) is 0.553. The Morgan fingerprint density at radius 3 is 2.75 bits per heavy atom. The molecule has 2 nitrogen and oxygen atoms in total. The van der Waals surface area contributed by atoms with E-state index >= 15 is 0 Å². The van der Waals surface area contributed by atoms with Crippen molar-refractivity contribution >= 4 is 21.9 Å². The molecule has 12 heavy (non-hydrogen) atoms. The van der Waals surface area contributed by atoms with Gasteiger partial charge in [-0.15, -0.1) is 0 Å². The predicted octanol–water partition coefficient (Wildman–Crippen LogP) is 2.77. The second-order valence-electron chi connectivity index (χ2n) is 2.97. The lowest BCUT2D eigenvalue weighted by Crippen LogP contribution is -2.34. The molecule has 0 aromatic carbocycles. The van der Waals surface area contributed by atoms with Crippen LogP contribution in [0.2, 0.25) is 0 Å². The first kappa shape index (κ1) is 9.78. The predicted molar refractivity (Wildman–Crippen MR) is 51.0 cm³/mol. The molecule has 68 valence electrons. The molecule has 0 aromatic heterocycles. The van der Waals surface area contributed by atoms with Gasteiger partial charge in [0.05, 0.1) is 5.57 Å². The SMILES string of the molecule is CCCC/C(Br)=C1/C(=O)OC1C. The summed E-state index contributed by atoms with van der Waals surface area (Å²) < 4.78 is 5.85. The van der Waals surface area contributed by atoms with Gasteiger partial charge >= 0.3 is 5.97 Å². The molecule has 1 aliphatic heterocycles. The highest BCUT2D eigenvalue weighted by Crippen LogP contribution is 2.30. The van der Waals surface area contributed by atoms with Gasteiger partial charge in [-0.3, -0.25) is 0 Å². The number of carbonyl (C=O) groups excluding carboxylic acids is 1. The molecule has 3 heteroatoms. The van der Waals surface area contributed by atoms with Gasteiger partial charge in [0.2, 0.25) is 0 Å². The van der Waals surface area contributed by atoms with Crippen LogP contribution < -0.4 is 0 Å². The molecule has 0 aromatic rings. The van der Waals surface area contributed by atoms with E-state index in [0.29, 0.717) is 0 Å². The highest BCUT2D eigenvalue weighted by molar-refractivity contribution is 9.11. The van der Waals surface area contributed by atoms with Gasteiger partial charge in [-0.1, -0.05) is 29.3 Å². The van der Waals surface area contributed by atoms with E-state index in [4.69, 9.17) is 4.74 Å². The van der Waals surface area contributed by atoms with E-state index in [-0.39, 0.29) is 12.1 Å². The molecule has 1 heterocycles. The van der Waals surface area contributed by atoms with Crippen molar-refractivity contribution in [2.75, 3.05) is 0 Å². The fourth-order valence-electron chi connectivity index (χ4n) is 1.19. The Morgan fingerprint density at radius 2 is 2.33 bits per heavy atom. The zero-order valence-electron chi connectivity index (χ0n) is 7.39. The molecule has 1 fully saturated rings. The van der Waals surface area contributed by atoms with E-state index in [2.05, 4.69) is 22.9 Å². The summed E-state index contributed by atoms with van der Waals surface area (Å²) in [6, 6.07) is 0. The minimum absolute atomic E-state index is 0.0104. The number of allylic oxidation sites excluding steroid dienone is 1. The second-order valence-corrected chi connectivity index (χ2v) is 3.93. The number of cyclic esters (lactones) is 1. The molecule has 0 amide bonds. The summed E-state index contributed by atoms with van der Waals surface area (Å²) in [6.45, 7) is 4.03. The van der Waals surface area contributed by atoms with Gasteiger partial charge in [-0.2, -0.15) is 0 Å². The summed E-state index contributed by atoms with van der Waals surface area (Å²) in [5.74, 6) is -0.162. The van der Waals surface area contributed by atoms with Crippen LogP contribution in [0, 0.1) is 0 Å². The van der Waals surface area contributed by atoms with Crippen molar-refractivity contribution in [3.8, 4) is 0 Å². The Kier molecular flexibility index (Phi) is 3.32. The summed E-state index contributed by atoms with van der Waals surface area (Å²) >= 11 is 3.42. The molecule has 0 saturated carbocycles. The van der Waals surface area contributed by atoms with Crippen molar-refractivity contribution in [2.45, 2.75) is 39.2 Å². The maximum absolute atomic E-state index is 10.9. The Bertz CT molecular complexity index is 221. The Balaban J connectivity index is 2.56. The zero-order valence-corrected chi connectivity index (χ0v) is 8.98. The van der Waals surface area contributed by atoms with Crippen LogP contribution in [0.25, 0.3) is 0 Å². The smallest absolute Gasteiger partial charge is 0.339 e. The standard InChI is InChI=1S/C9H13BrO2/c1-3-4-5-7(10)8-6(2)12-9(8)11/h6H,3-5H2,1-2H3/b8-7-. The average molecular weight is 233 g/mol. The fourth-order valence-corrected chi connectivity index (χ4v) is 1.95. The molecule has 1 atom stereocenters. The van der Waals surface area contributed by atoms with Crippen LogP contribution in [0.1, 0.15) is 33.1 Å². The molecule has 0 N–H and O–H groups in total. The van der Waals surface area contributed by atoms with Crippen molar-refractivity contribution in [1.82, 2.24) is 0 Å². The van der Waals surface area contributed by atoms with Crippen LogP contribution in [-0.2, 0) is 9.53 Å². The maximum atomic E-state index is 10.9. The highest BCUT2D eigenvalue weighted by atomic mass is 79.9. The number of esters is 1. The van der Waals surface area contributed by atoms with E-state index in [1.807, 2.05) is 6.92 Å². The first-order valence-corrected chi connectivity index (χ1v) is 5.05. The van der Waals surface area contributed by atoms with E-state index in [0.717, 1.165) is 29.3 Å². The third kappa shape index (κ3) is 1.89. The molecule has 0 spiro atoms. The lowest BCUT2D eigenvalue weighted by Gasteiger charge is -2.26. The third-order valence-electron chi connectivity index (χ3n) is 1.95. The van der Waals surface area contributed by atoms with Crippen molar-refractivity contribution in [2.24, 2.45) is 0 Å². The Hall–Kier alpha value is -0.310. The van der Waals surface area contributed by atoms with E-state index in [1.165, 1.54) is 0 Å². The number of unbranched alkanes of at least 4 members (excludes halogenated alkanes) is 1. The monoisotopic (exact) mass is 232 g/mol. The maximum Gasteiger partial charge on any atom is 0.339 e. The molecule has 1 unspecified atom stereocenters. The Morgan fingerprint density at radius 1 is 1.67 bits per heavy atom.